The average molecular weight is 545 g/mol. The van der Waals surface area contributed by atoms with E-state index in [0.717, 1.165) is 31.2 Å². The standard InChI is InChI=1S/C31H36N4O5/c36-29(33-39)22-34(20-24-10-4-1-5-11-24)30(37)23-35(21-25-12-6-2-7-13-25)31(38)32-26-16-18-28(19-17-26)40-27-14-8-3-9-15-27/h1,3-5,8-11,14-19,25,39H,2,6-7,12-13,20-23H2,(H,32,38)(H,33,36). The van der Waals surface area contributed by atoms with Crippen molar-refractivity contribution in [3.63, 3.8) is 0 Å². The molecule has 1 aliphatic rings. The lowest BCUT2D eigenvalue weighted by Gasteiger charge is -2.31. The van der Waals surface area contributed by atoms with Crippen molar-refractivity contribution >= 4 is 23.5 Å². The largest absolute Gasteiger partial charge is 0.457 e. The molecular weight excluding hydrogens is 508 g/mol. The minimum atomic E-state index is -0.703. The van der Waals surface area contributed by atoms with Crippen molar-refractivity contribution in [2.45, 2.75) is 38.6 Å². The third-order valence-corrected chi connectivity index (χ3v) is 6.93. The first kappa shape index (κ1) is 28.6. The van der Waals surface area contributed by atoms with Crippen LogP contribution in [0, 0.1) is 5.92 Å². The lowest BCUT2D eigenvalue weighted by atomic mass is 9.89. The normalized spacial score (nSPS) is 13.2. The number of nitrogens with one attached hydrogen (secondary N) is 2. The molecule has 40 heavy (non-hydrogen) atoms. The molecule has 4 amide bonds. The Balaban J connectivity index is 1.45. The topological polar surface area (TPSA) is 111 Å². The van der Waals surface area contributed by atoms with Crippen molar-refractivity contribution in [2.24, 2.45) is 5.92 Å². The number of anilines is 1. The van der Waals surface area contributed by atoms with Gasteiger partial charge in [-0.05, 0) is 60.7 Å². The first-order valence-electron chi connectivity index (χ1n) is 13.6. The van der Waals surface area contributed by atoms with Gasteiger partial charge < -0.3 is 19.9 Å². The van der Waals surface area contributed by atoms with Crippen LogP contribution < -0.4 is 15.5 Å². The summed E-state index contributed by atoms with van der Waals surface area (Å²) < 4.78 is 5.83. The van der Waals surface area contributed by atoms with Gasteiger partial charge in [0.1, 0.15) is 24.6 Å². The number of rotatable bonds is 11. The van der Waals surface area contributed by atoms with Gasteiger partial charge in [0.05, 0.1) is 0 Å². The van der Waals surface area contributed by atoms with E-state index in [4.69, 9.17) is 9.94 Å². The van der Waals surface area contributed by atoms with Gasteiger partial charge in [0, 0.05) is 18.8 Å². The van der Waals surface area contributed by atoms with E-state index in [1.54, 1.807) is 29.7 Å². The highest BCUT2D eigenvalue weighted by atomic mass is 16.5. The molecule has 0 aliphatic heterocycles. The molecule has 0 aromatic heterocycles. The molecule has 1 fully saturated rings. The molecule has 1 saturated carbocycles. The van der Waals surface area contributed by atoms with Crippen LogP contribution in [0.15, 0.2) is 84.9 Å². The van der Waals surface area contributed by atoms with Crippen molar-refractivity contribution in [1.82, 2.24) is 15.3 Å². The number of amides is 4. The molecule has 3 aromatic rings. The molecule has 0 radical (unpaired) electrons. The van der Waals surface area contributed by atoms with E-state index in [-0.39, 0.29) is 31.6 Å². The maximum absolute atomic E-state index is 13.5. The molecule has 210 valence electrons. The maximum atomic E-state index is 13.5. The summed E-state index contributed by atoms with van der Waals surface area (Å²) in [6, 6.07) is 25.4. The van der Waals surface area contributed by atoms with Crippen molar-refractivity contribution < 1.29 is 24.3 Å². The second-order valence-electron chi connectivity index (χ2n) is 10.0. The van der Waals surface area contributed by atoms with Crippen LogP contribution in [0.2, 0.25) is 0 Å². The van der Waals surface area contributed by atoms with Gasteiger partial charge in [-0.3, -0.25) is 14.8 Å². The Labute approximate surface area is 234 Å². The summed E-state index contributed by atoms with van der Waals surface area (Å²) in [4.78, 5) is 41.8. The zero-order chi connectivity index (χ0) is 28.2. The third-order valence-electron chi connectivity index (χ3n) is 6.93. The van der Waals surface area contributed by atoms with Crippen molar-refractivity contribution in [1.29, 1.82) is 0 Å². The SMILES string of the molecule is O=C(CN(Cc1ccccc1)C(=O)CN(CC1CCCCC1)C(=O)Nc1ccc(Oc2ccccc2)cc1)NO. The minimum Gasteiger partial charge on any atom is -0.457 e. The van der Waals surface area contributed by atoms with E-state index in [1.807, 2.05) is 60.7 Å². The predicted octanol–water partition coefficient (Wildman–Crippen LogP) is 5.43. The van der Waals surface area contributed by atoms with E-state index in [1.165, 1.54) is 16.2 Å². The predicted molar refractivity (Wildman–Crippen MR) is 152 cm³/mol. The second-order valence-corrected chi connectivity index (χ2v) is 10.0. The Morgan fingerprint density at radius 1 is 0.775 bits per heavy atom. The van der Waals surface area contributed by atoms with Gasteiger partial charge in [-0.2, -0.15) is 0 Å². The number of hydrogen-bond acceptors (Lipinski definition) is 5. The summed E-state index contributed by atoms with van der Waals surface area (Å²) in [6.45, 7) is 0.0993. The quantitative estimate of drug-likeness (QED) is 0.220. The van der Waals surface area contributed by atoms with Gasteiger partial charge in [-0.1, -0.05) is 67.8 Å². The van der Waals surface area contributed by atoms with Crippen molar-refractivity contribution in [3.05, 3.63) is 90.5 Å². The Hall–Kier alpha value is -4.37. The number of carbonyl (C=O) groups excluding carboxylic acids is 3. The fourth-order valence-electron chi connectivity index (χ4n) is 4.84. The molecule has 0 saturated heterocycles. The number of ether oxygens (including phenoxy) is 1. The summed E-state index contributed by atoms with van der Waals surface area (Å²) in [7, 11) is 0. The lowest BCUT2D eigenvalue weighted by molar-refractivity contribution is -0.140. The Kier molecular flexibility index (Phi) is 10.5. The van der Waals surface area contributed by atoms with E-state index in [9.17, 15) is 14.4 Å². The summed E-state index contributed by atoms with van der Waals surface area (Å²) >= 11 is 0. The van der Waals surface area contributed by atoms with Gasteiger partial charge >= 0.3 is 6.03 Å². The zero-order valence-electron chi connectivity index (χ0n) is 22.5. The van der Waals surface area contributed by atoms with Gasteiger partial charge in [0.25, 0.3) is 5.91 Å². The van der Waals surface area contributed by atoms with E-state index >= 15 is 0 Å². The van der Waals surface area contributed by atoms with Crippen LogP contribution in [0.1, 0.15) is 37.7 Å². The Bertz CT molecular complexity index is 1230. The summed E-state index contributed by atoms with van der Waals surface area (Å²) in [5.41, 5.74) is 3.01. The number of urea groups is 1. The van der Waals surface area contributed by atoms with Crippen molar-refractivity contribution in [2.75, 3.05) is 25.0 Å². The molecular formula is C31H36N4O5. The van der Waals surface area contributed by atoms with Gasteiger partial charge in [-0.15, -0.1) is 0 Å². The highest BCUT2D eigenvalue weighted by Crippen LogP contribution is 2.26. The van der Waals surface area contributed by atoms with Crippen LogP contribution in [-0.2, 0) is 16.1 Å². The van der Waals surface area contributed by atoms with E-state index in [2.05, 4.69) is 5.32 Å². The number of para-hydroxylation sites is 1. The molecule has 9 nitrogen and oxygen atoms in total. The average Bonchev–Trinajstić information content (AvgIpc) is 2.99. The first-order valence-corrected chi connectivity index (χ1v) is 13.6. The van der Waals surface area contributed by atoms with Gasteiger partial charge in [-0.25, -0.2) is 10.3 Å². The van der Waals surface area contributed by atoms with Gasteiger partial charge in [0.15, 0.2) is 0 Å². The summed E-state index contributed by atoms with van der Waals surface area (Å²) in [5.74, 6) is 0.566. The second kappa shape index (κ2) is 14.7. The molecule has 3 aromatic carbocycles. The Morgan fingerprint density at radius 2 is 1.40 bits per heavy atom. The smallest absolute Gasteiger partial charge is 0.322 e. The highest BCUT2D eigenvalue weighted by Gasteiger charge is 2.26. The Morgan fingerprint density at radius 3 is 2.05 bits per heavy atom. The van der Waals surface area contributed by atoms with Crippen LogP contribution in [0.5, 0.6) is 11.5 Å². The third kappa shape index (κ3) is 8.84. The molecule has 0 atom stereocenters. The maximum Gasteiger partial charge on any atom is 0.322 e. The van der Waals surface area contributed by atoms with Gasteiger partial charge in [0.2, 0.25) is 5.91 Å². The number of hydroxylamine groups is 1. The van der Waals surface area contributed by atoms with Crippen LogP contribution >= 0.6 is 0 Å². The number of carbonyl (C=O) groups is 3. The molecule has 1 aliphatic carbocycles. The molecule has 3 N–H and O–H groups in total. The van der Waals surface area contributed by atoms with E-state index in [0.29, 0.717) is 29.6 Å². The van der Waals surface area contributed by atoms with Crippen molar-refractivity contribution in [3.8, 4) is 11.5 Å². The van der Waals surface area contributed by atoms with Crippen LogP contribution in [-0.4, -0.2) is 52.5 Å². The molecule has 4 rings (SSSR count). The minimum absolute atomic E-state index is 0.175. The summed E-state index contributed by atoms with van der Waals surface area (Å²) in [5, 5.41) is 12.0. The number of hydrogen-bond donors (Lipinski definition) is 3. The fraction of sp³-hybridized carbons (Fsp3) is 0.323. The van der Waals surface area contributed by atoms with E-state index < -0.39 is 5.91 Å². The number of nitrogens with zero attached hydrogens (tertiary/aromatic N) is 2. The number of benzene rings is 3. The van der Waals surface area contributed by atoms with Crippen LogP contribution in [0.4, 0.5) is 10.5 Å². The zero-order valence-corrected chi connectivity index (χ0v) is 22.5. The molecule has 0 spiro atoms. The van der Waals surface area contributed by atoms with Crippen LogP contribution in [0.3, 0.4) is 0 Å². The monoisotopic (exact) mass is 544 g/mol. The molecule has 0 heterocycles. The highest BCUT2D eigenvalue weighted by molar-refractivity contribution is 5.93. The molecule has 9 heteroatoms. The van der Waals surface area contributed by atoms with Crippen LogP contribution in [0.25, 0.3) is 0 Å². The lowest BCUT2D eigenvalue weighted by Crippen LogP contribution is -2.48. The molecule has 0 unspecified atom stereocenters. The first-order chi connectivity index (χ1) is 19.5. The molecule has 0 bridgehead atoms. The fourth-order valence-corrected chi connectivity index (χ4v) is 4.84. The summed E-state index contributed by atoms with van der Waals surface area (Å²) in [6.07, 6.45) is 5.40.